The Balaban J connectivity index is 0.000000171. The standard InChI is InChI=1S/2C11H19NO3/c2*1-11(2,3)15-10(14)12-7-4-5-8(12)9(13)6-7/h2*7-9,13H,4-6H2,1-3H3/t2*7-,8+,9+/m10/s1. The summed E-state index contributed by atoms with van der Waals surface area (Å²) in [4.78, 5) is 27.2. The van der Waals surface area contributed by atoms with Gasteiger partial charge in [0.05, 0.1) is 24.3 Å². The summed E-state index contributed by atoms with van der Waals surface area (Å²) in [5.74, 6) is 0. The zero-order valence-corrected chi connectivity index (χ0v) is 19.1. The van der Waals surface area contributed by atoms with Crippen LogP contribution in [-0.2, 0) is 9.47 Å². The number of hydrogen-bond donors (Lipinski definition) is 2. The number of ether oxygens (including phenoxy) is 2. The van der Waals surface area contributed by atoms with E-state index in [9.17, 15) is 19.8 Å². The smallest absolute Gasteiger partial charge is 0.410 e. The minimum Gasteiger partial charge on any atom is -0.444 e. The molecule has 4 aliphatic heterocycles. The third kappa shape index (κ3) is 5.02. The molecule has 4 rings (SSSR count). The summed E-state index contributed by atoms with van der Waals surface area (Å²) in [5, 5.41) is 19.4. The topological polar surface area (TPSA) is 99.5 Å². The van der Waals surface area contributed by atoms with Crippen molar-refractivity contribution in [3.8, 4) is 0 Å². The second-order valence-corrected chi connectivity index (χ2v) is 11.0. The van der Waals surface area contributed by atoms with E-state index in [-0.39, 0.29) is 48.6 Å². The Morgan fingerprint density at radius 3 is 1.23 bits per heavy atom. The maximum absolute atomic E-state index is 11.9. The molecule has 6 atom stereocenters. The molecule has 4 aliphatic rings. The lowest BCUT2D eigenvalue weighted by Crippen LogP contribution is -2.41. The van der Waals surface area contributed by atoms with Gasteiger partial charge in [-0.25, -0.2) is 9.59 Å². The molecule has 8 nitrogen and oxygen atoms in total. The average Bonchev–Trinajstić information content (AvgIpc) is 3.28. The van der Waals surface area contributed by atoms with Crippen LogP contribution in [0.15, 0.2) is 0 Å². The Hall–Kier alpha value is -1.54. The first kappa shape index (κ1) is 23.1. The van der Waals surface area contributed by atoms with E-state index in [0.717, 1.165) is 25.7 Å². The molecule has 30 heavy (non-hydrogen) atoms. The van der Waals surface area contributed by atoms with Crippen molar-refractivity contribution in [1.82, 2.24) is 9.80 Å². The second kappa shape index (κ2) is 8.19. The van der Waals surface area contributed by atoms with Gasteiger partial charge in [0, 0.05) is 12.1 Å². The molecule has 0 aromatic heterocycles. The summed E-state index contributed by atoms with van der Waals surface area (Å²) in [5.41, 5.74) is -0.909. The first-order valence-corrected chi connectivity index (χ1v) is 11.2. The van der Waals surface area contributed by atoms with E-state index in [1.807, 2.05) is 41.5 Å². The molecule has 2 amide bonds. The van der Waals surface area contributed by atoms with E-state index >= 15 is 0 Å². The van der Waals surface area contributed by atoms with Crippen molar-refractivity contribution in [3.63, 3.8) is 0 Å². The molecule has 0 aliphatic carbocycles. The van der Waals surface area contributed by atoms with Crippen LogP contribution in [0.2, 0.25) is 0 Å². The molecule has 4 saturated heterocycles. The first-order chi connectivity index (χ1) is 13.8. The van der Waals surface area contributed by atoms with Gasteiger partial charge in [0.15, 0.2) is 0 Å². The number of amides is 2. The fourth-order valence-corrected chi connectivity index (χ4v) is 5.11. The minimum absolute atomic E-state index is 0.00940. The van der Waals surface area contributed by atoms with E-state index in [1.54, 1.807) is 9.80 Å². The zero-order chi connectivity index (χ0) is 22.4. The van der Waals surface area contributed by atoms with Gasteiger partial charge in [-0.3, -0.25) is 9.80 Å². The molecule has 172 valence electrons. The van der Waals surface area contributed by atoms with Gasteiger partial charge in [-0.05, 0) is 80.1 Å². The molecule has 0 saturated carbocycles. The highest BCUT2D eigenvalue weighted by Gasteiger charge is 2.50. The highest BCUT2D eigenvalue weighted by atomic mass is 16.6. The second-order valence-electron chi connectivity index (χ2n) is 11.0. The lowest BCUT2D eigenvalue weighted by atomic mass is 9.98. The van der Waals surface area contributed by atoms with Crippen LogP contribution in [0, 0.1) is 0 Å². The molecule has 8 heteroatoms. The van der Waals surface area contributed by atoms with Crippen LogP contribution >= 0.6 is 0 Å². The zero-order valence-electron chi connectivity index (χ0n) is 19.1. The molecule has 4 fully saturated rings. The molecular weight excluding hydrogens is 388 g/mol. The highest BCUT2D eigenvalue weighted by Crippen LogP contribution is 2.39. The Bertz CT molecular complexity index is 599. The van der Waals surface area contributed by atoms with Crippen molar-refractivity contribution < 1.29 is 29.3 Å². The van der Waals surface area contributed by atoms with Crippen LogP contribution in [0.3, 0.4) is 0 Å². The third-order valence-electron chi connectivity index (χ3n) is 6.22. The summed E-state index contributed by atoms with van der Waals surface area (Å²) in [7, 11) is 0. The maximum Gasteiger partial charge on any atom is 0.410 e. The van der Waals surface area contributed by atoms with E-state index in [4.69, 9.17) is 9.47 Å². The average molecular weight is 427 g/mol. The van der Waals surface area contributed by atoms with Gasteiger partial charge < -0.3 is 19.7 Å². The fourth-order valence-electron chi connectivity index (χ4n) is 5.11. The number of hydrogen-bond acceptors (Lipinski definition) is 6. The molecule has 4 heterocycles. The normalized spacial score (nSPS) is 34.7. The van der Waals surface area contributed by atoms with Gasteiger partial charge in [0.25, 0.3) is 0 Å². The Labute approximate surface area is 179 Å². The number of aliphatic hydroxyl groups excluding tert-OH is 2. The SMILES string of the molecule is CC(C)(C)OC(=O)N1[C@@H]2CC[C@H]1[C@@H](O)C2.CC(C)(C)OC(=O)N1[C@H]2CC[C@@H]1[C@H](O)C2. The predicted molar refractivity (Wildman–Crippen MR) is 111 cm³/mol. The first-order valence-electron chi connectivity index (χ1n) is 11.2. The van der Waals surface area contributed by atoms with Crippen LogP contribution in [0.5, 0.6) is 0 Å². The lowest BCUT2D eigenvalue weighted by molar-refractivity contribution is 0.0161. The molecule has 0 aromatic carbocycles. The van der Waals surface area contributed by atoms with E-state index in [1.165, 1.54) is 0 Å². The quantitative estimate of drug-likeness (QED) is 0.618. The number of aliphatic hydroxyl groups is 2. The van der Waals surface area contributed by atoms with Crippen molar-refractivity contribution in [1.29, 1.82) is 0 Å². The summed E-state index contributed by atoms with van der Waals surface area (Å²) in [6.07, 6.45) is 4.00. The van der Waals surface area contributed by atoms with Gasteiger partial charge in [-0.1, -0.05) is 0 Å². The number of fused-ring (bicyclic) bond motifs is 4. The van der Waals surface area contributed by atoms with Crippen molar-refractivity contribution in [2.75, 3.05) is 0 Å². The minimum atomic E-state index is -0.454. The lowest BCUT2D eigenvalue weighted by Gasteiger charge is -2.27. The molecule has 0 radical (unpaired) electrons. The molecule has 0 aromatic rings. The van der Waals surface area contributed by atoms with Crippen LogP contribution < -0.4 is 0 Å². The number of carbonyl (C=O) groups excluding carboxylic acids is 2. The van der Waals surface area contributed by atoms with E-state index < -0.39 is 11.2 Å². The van der Waals surface area contributed by atoms with Crippen molar-refractivity contribution in [2.45, 2.75) is 128 Å². The largest absolute Gasteiger partial charge is 0.444 e. The highest BCUT2D eigenvalue weighted by molar-refractivity contribution is 5.70. The molecule has 4 bridgehead atoms. The number of rotatable bonds is 0. The van der Waals surface area contributed by atoms with Crippen molar-refractivity contribution >= 4 is 12.2 Å². The summed E-state index contributed by atoms with van der Waals surface area (Å²) < 4.78 is 10.7. The van der Waals surface area contributed by atoms with Crippen LogP contribution in [0.1, 0.15) is 80.1 Å². The van der Waals surface area contributed by atoms with Gasteiger partial charge in [-0.15, -0.1) is 0 Å². The van der Waals surface area contributed by atoms with Gasteiger partial charge in [-0.2, -0.15) is 0 Å². The fraction of sp³-hybridized carbons (Fsp3) is 0.909. The summed E-state index contributed by atoms with van der Waals surface area (Å²) >= 11 is 0. The maximum atomic E-state index is 11.9. The summed E-state index contributed by atoms with van der Waals surface area (Å²) in [6, 6.07) is 0.370. The Morgan fingerprint density at radius 1 is 0.700 bits per heavy atom. The summed E-state index contributed by atoms with van der Waals surface area (Å²) in [6.45, 7) is 11.2. The third-order valence-corrected chi connectivity index (χ3v) is 6.22. The number of carbonyl (C=O) groups is 2. The van der Waals surface area contributed by atoms with Gasteiger partial charge >= 0.3 is 12.2 Å². The van der Waals surface area contributed by atoms with Crippen LogP contribution in [0.25, 0.3) is 0 Å². The van der Waals surface area contributed by atoms with Crippen molar-refractivity contribution in [2.24, 2.45) is 0 Å². The monoisotopic (exact) mass is 426 g/mol. The molecule has 0 unspecified atom stereocenters. The predicted octanol–water partition coefficient (Wildman–Crippen LogP) is 3.04. The molecule has 0 spiro atoms. The Kier molecular flexibility index (Phi) is 6.31. The van der Waals surface area contributed by atoms with E-state index in [2.05, 4.69) is 0 Å². The van der Waals surface area contributed by atoms with E-state index in [0.29, 0.717) is 12.8 Å². The van der Waals surface area contributed by atoms with Gasteiger partial charge in [0.1, 0.15) is 11.2 Å². The Morgan fingerprint density at radius 2 is 1.03 bits per heavy atom. The van der Waals surface area contributed by atoms with Crippen molar-refractivity contribution in [3.05, 3.63) is 0 Å². The van der Waals surface area contributed by atoms with Crippen LogP contribution in [0.4, 0.5) is 9.59 Å². The molecular formula is C22H38N2O6. The number of nitrogens with zero attached hydrogens (tertiary/aromatic N) is 2. The van der Waals surface area contributed by atoms with Crippen LogP contribution in [-0.4, -0.2) is 79.8 Å². The molecule has 2 N–H and O–H groups in total. The van der Waals surface area contributed by atoms with Gasteiger partial charge in [0.2, 0.25) is 0 Å².